The molecule has 0 unspecified atom stereocenters. The zero-order valence-corrected chi connectivity index (χ0v) is 9.59. The third kappa shape index (κ3) is 2.98. The van der Waals surface area contributed by atoms with Crippen LogP contribution in [0.25, 0.3) is 0 Å². The highest BCUT2D eigenvalue weighted by Gasteiger charge is 2.21. The van der Waals surface area contributed by atoms with Crippen LogP contribution >= 0.6 is 0 Å². The van der Waals surface area contributed by atoms with Gasteiger partial charge in [0.25, 0.3) is 0 Å². The van der Waals surface area contributed by atoms with Crippen molar-refractivity contribution >= 4 is 11.6 Å². The van der Waals surface area contributed by atoms with Crippen molar-refractivity contribution in [3.63, 3.8) is 0 Å². The minimum atomic E-state index is -0.412. The molecule has 1 amide bonds. The molecule has 0 aromatic heterocycles. The first kappa shape index (κ1) is 11.6. The second-order valence-corrected chi connectivity index (χ2v) is 4.70. The van der Waals surface area contributed by atoms with Crippen molar-refractivity contribution < 1.29 is 9.90 Å². The lowest BCUT2D eigenvalue weighted by Gasteiger charge is -2.18. The minimum absolute atomic E-state index is 0.0312. The Bertz CT molecular complexity index is 378. The summed E-state index contributed by atoms with van der Waals surface area (Å²) in [7, 11) is 0. The van der Waals surface area contributed by atoms with Crippen LogP contribution in [0.5, 0.6) is 5.75 Å². The first-order valence-corrected chi connectivity index (χ1v) is 4.92. The van der Waals surface area contributed by atoms with Gasteiger partial charge in [0.2, 0.25) is 5.91 Å². The van der Waals surface area contributed by atoms with E-state index in [0.29, 0.717) is 0 Å². The van der Waals surface area contributed by atoms with Crippen molar-refractivity contribution in [2.24, 2.45) is 5.41 Å². The van der Waals surface area contributed by atoms with E-state index in [1.54, 1.807) is 18.2 Å². The van der Waals surface area contributed by atoms with Crippen molar-refractivity contribution in [2.75, 3.05) is 5.32 Å². The lowest BCUT2D eigenvalue weighted by atomic mass is 9.95. The number of phenolic OH excluding ortho intramolecular Hbond substituents is 1. The molecule has 1 rings (SSSR count). The molecule has 3 heteroatoms. The SMILES string of the molecule is Cc1cc(O)ccc1NC(=O)C(C)(C)C. The van der Waals surface area contributed by atoms with Crippen molar-refractivity contribution in [1.29, 1.82) is 0 Å². The van der Waals surface area contributed by atoms with Crippen LogP contribution in [0.15, 0.2) is 18.2 Å². The quantitative estimate of drug-likeness (QED) is 0.695. The second-order valence-electron chi connectivity index (χ2n) is 4.70. The van der Waals surface area contributed by atoms with Gasteiger partial charge in [-0.3, -0.25) is 4.79 Å². The Kier molecular flexibility index (Phi) is 3.03. The van der Waals surface area contributed by atoms with Crippen LogP contribution in [0.2, 0.25) is 0 Å². The number of rotatable bonds is 1. The smallest absolute Gasteiger partial charge is 0.229 e. The van der Waals surface area contributed by atoms with E-state index < -0.39 is 5.41 Å². The van der Waals surface area contributed by atoms with E-state index in [1.165, 1.54) is 0 Å². The van der Waals surface area contributed by atoms with Gasteiger partial charge in [0.1, 0.15) is 5.75 Å². The standard InChI is InChI=1S/C12H17NO2/c1-8-7-9(14)5-6-10(8)13-11(15)12(2,3)4/h5-7,14H,1-4H3,(H,13,15). The molecule has 0 aliphatic carbocycles. The molecule has 0 aliphatic rings. The maximum atomic E-state index is 11.7. The molecular weight excluding hydrogens is 190 g/mol. The van der Waals surface area contributed by atoms with Crippen LogP contribution < -0.4 is 5.32 Å². The molecule has 1 aromatic carbocycles. The summed E-state index contributed by atoms with van der Waals surface area (Å²) in [6.45, 7) is 7.42. The highest BCUT2D eigenvalue weighted by Crippen LogP contribution is 2.23. The molecule has 0 heterocycles. The number of aryl methyl sites for hydroxylation is 1. The van der Waals surface area contributed by atoms with Gasteiger partial charge in [-0.15, -0.1) is 0 Å². The van der Waals surface area contributed by atoms with Gasteiger partial charge in [-0.25, -0.2) is 0 Å². The Labute approximate surface area is 90.1 Å². The molecule has 0 fully saturated rings. The number of nitrogens with one attached hydrogen (secondary N) is 1. The fourth-order valence-electron chi connectivity index (χ4n) is 1.10. The zero-order valence-electron chi connectivity index (χ0n) is 9.59. The van der Waals surface area contributed by atoms with Crippen LogP contribution in [0.4, 0.5) is 5.69 Å². The van der Waals surface area contributed by atoms with Gasteiger partial charge in [-0.05, 0) is 30.7 Å². The fourth-order valence-corrected chi connectivity index (χ4v) is 1.10. The molecule has 1 aromatic rings. The third-order valence-corrected chi connectivity index (χ3v) is 2.14. The number of benzene rings is 1. The van der Waals surface area contributed by atoms with Gasteiger partial charge in [-0.2, -0.15) is 0 Å². The average molecular weight is 207 g/mol. The number of aromatic hydroxyl groups is 1. The van der Waals surface area contributed by atoms with Crippen LogP contribution in [-0.2, 0) is 4.79 Å². The molecule has 0 radical (unpaired) electrons. The summed E-state index contributed by atoms with van der Waals surface area (Å²) in [6.07, 6.45) is 0. The summed E-state index contributed by atoms with van der Waals surface area (Å²) in [6, 6.07) is 4.89. The zero-order chi connectivity index (χ0) is 11.6. The second kappa shape index (κ2) is 3.93. The summed E-state index contributed by atoms with van der Waals surface area (Å²) in [5, 5.41) is 12.0. The Morgan fingerprint density at radius 1 is 1.33 bits per heavy atom. The number of hydrogen-bond acceptors (Lipinski definition) is 2. The molecule has 0 bridgehead atoms. The number of phenols is 1. The Hall–Kier alpha value is -1.51. The summed E-state index contributed by atoms with van der Waals surface area (Å²) >= 11 is 0. The van der Waals surface area contributed by atoms with E-state index in [9.17, 15) is 9.90 Å². The summed E-state index contributed by atoms with van der Waals surface area (Å²) in [4.78, 5) is 11.7. The number of anilines is 1. The van der Waals surface area contributed by atoms with Crippen LogP contribution in [0.3, 0.4) is 0 Å². The first-order valence-electron chi connectivity index (χ1n) is 4.92. The Morgan fingerprint density at radius 3 is 2.40 bits per heavy atom. The molecule has 0 aliphatic heterocycles. The molecule has 0 spiro atoms. The van der Waals surface area contributed by atoms with Crippen molar-refractivity contribution in [3.8, 4) is 5.75 Å². The summed E-state index contributed by atoms with van der Waals surface area (Å²) in [5.74, 6) is 0.178. The van der Waals surface area contributed by atoms with E-state index >= 15 is 0 Å². The molecule has 3 nitrogen and oxygen atoms in total. The molecule has 82 valence electrons. The van der Waals surface area contributed by atoms with Gasteiger partial charge >= 0.3 is 0 Å². The maximum absolute atomic E-state index is 11.7. The average Bonchev–Trinajstić information content (AvgIpc) is 2.08. The Morgan fingerprint density at radius 2 is 1.93 bits per heavy atom. The first-order chi connectivity index (χ1) is 6.80. The Balaban J connectivity index is 2.87. The van der Waals surface area contributed by atoms with Crippen LogP contribution in [-0.4, -0.2) is 11.0 Å². The van der Waals surface area contributed by atoms with E-state index in [-0.39, 0.29) is 11.7 Å². The van der Waals surface area contributed by atoms with E-state index in [2.05, 4.69) is 5.32 Å². The molecule has 2 N–H and O–H groups in total. The molecule has 0 saturated carbocycles. The van der Waals surface area contributed by atoms with Gasteiger partial charge in [0.05, 0.1) is 0 Å². The van der Waals surface area contributed by atoms with Gasteiger partial charge < -0.3 is 10.4 Å². The van der Waals surface area contributed by atoms with E-state index in [4.69, 9.17) is 0 Å². The largest absolute Gasteiger partial charge is 0.508 e. The predicted molar refractivity (Wildman–Crippen MR) is 60.9 cm³/mol. The van der Waals surface area contributed by atoms with Gasteiger partial charge in [0.15, 0.2) is 0 Å². The minimum Gasteiger partial charge on any atom is -0.508 e. The maximum Gasteiger partial charge on any atom is 0.229 e. The lowest BCUT2D eigenvalue weighted by Crippen LogP contribution is -2.27. The van der Waals surface area contributed by atoms with Crippen LogP contribution in [0.1, 0.15) is 26.3 Å². The normalized spacial score (nSPS) is 11.2. The highest BCUT2D eigenvalue weighted by atomic mass is 16.3. The van der Waals surface area contributed by atoms with Gasteiger partial charge in [-0.1, -0.05) is 20.8 Å². The van der Waals surface area contributed by atoms with Crippen molar-refractivity contribution in [1.82, 2.24) is 0 Å². The van der Waals surface area contributed by atoms with E-state index in [0.717, 1.165) is 11.3 Å². The lowest BCUT2D eigenvalue weighted by molar-refractivity contribution is -0.123. The number of hydrogen-bond donors (Lipinski definition) is 2. The van der Waals surface area contributed by atoms with E-state index in [1.807, 2.05) is 27.7 Å². The summed E-state index contributed by atoms with van der Waals surface area (Å²) < 4.78 is 0. The highest BCUT2D eigenvalue weighted by molar-refractivity contribution is 5.95. The topological polar surface area (TPSA) is 49.3 Å². The van der Waals surface area contributed by atoms with Crippen molar-refractivity contribution in [3.05, 3.63) is 23.8 Å². The molecule has 15 heavy (non-hydrogen) atoms. The number of carbonyl (C=O) groups excluding carboxylic acids is 1. The fraction of sp³-hybridized carbons (Fsp3) is 0.417. The summed E-state index contributed by atoms with van der Waals surface area (Å²) in [5.41, 5.74) is 1.19. The van der Waals surface area contributed by atoms with Crippen LogP contribution in [0, 0.1) is 12.3 Å². The number of amides is 1. The molecule has 0 atom stereocenters. The third-order valence-electron chi connectivity index (χ3n) is 2.14. The molecular formula is C12H17NO2. The molecule has 0 saturated heterocycles. The predicted octanol–water partition coefficient (Wildman–Crippen LogP) is 2.69. The monoisotopic (exact) mass is 207 g/mol. The van der Waals surface area contributed by atoms with Gasteiger partial charge in [0, 0.05) is 11.1 Å². The van der Waals surface area contributed by atoms with Crippen molar-refractivity contribution in [2.45, 2.75) is 27.7 Å². The number of carbonyl (C=O) groups is 1.